The van der Waals surface area contributed by atoms with Crippen LogP contribution in [0, 0.1) is 0 Å². The highest BCUT2D eigenvalue weighted by Gasteiger charge is 2.18. The Morgan fingerprint density at radius 1 is 1.30 bits per heavy atom. The molecule has 0 bridgehead atoms. The summed E-state index contributed by atoms with van der Waals surface area (Å²) < 4.78 is 7.36. The highest BCUT2D eigenvalue weighted by molar-refractivity contribution is 14.0. The van der Waals surface area contributed by atoms with E-state index in [4.69, 9.17) is 4.74 Å². The van der Waals surface area contributed by atoms with Gasteiger partial charge in [-0.2, -0.15) is 5.10 Å². The number of halogens is 1. The molecular weight excluding hydrogens is 493 g/mol. The minimum atomic E-state index is 0. The van der Waals surface area contributed by atoms with Gasteiger partial charge in [0.15, 0.2) is 5.96 Å². The molecule has 0 atom stereocenters. The molecule has 0 aliphatic carbocycles. The molecule has 9 heteroatoms. The van der Waals surface area contributed by atoms with E-state index in [0.717, 1.165) is 55.9 Å². The third-order valence-electron chi connectivity index (χ3n) is 5.08. The van der Waals surface area contributed by atoms with Gasteiger partial charge in [0, 0.05) is 70.8 Å². The smallest absolute Gasteiger partial charge is 0.193 e. The van der Waals surface area contributed by atoms with Crippen molar-refractivity contribution >= 4 is 35.8 Å². The Morgan fingerprint density at radius 3 is 2.70 bits per heavy atom. The first-order valence-electron chi connectivity index (χ1n) is 10.2. The predicted octanol–water partition coefficient (Wildman–Crippen LogP) is 2.60. The van der Waals surface area contributed by atoms with Crippen LogP contribution in [0.15, 0.2) is 29.5 Å². The van der Waals surface area contributed by atoms with E-state index < -0.39 is 0 Å². The van der Waals surface area contributed by atoms with Crippen LogP contribution >= 0.6 is 24.0 Å². The van der Waals surface area contributed by atoms with Crippen LogP contribution in [0.1, 0.15) is 36.6 Å². The zero-order valence-corrected chi connectivity index (χ0v) is 21.0. The third kappa shape index (κ3) is 6.07. The van der Waals surface area contributed by atoms with Crippen molar-refractivity contribution in [3.05, 3.63) is 41.3 Å². The number of nitrogens with one attached hydrogen (secondary N) is 1. The van der Waals surface area contributed by atoms with Gasteiger partial charge in [0.05, 0.1) is 18.9 Å². The van der Waals surface area contributed by atoms with Crippen LogP contribution in [0.5, 0.6) is 0 Å². The third-order valence-corrected chi connectivity index (χ3v) is 5.08. The van der Waals surface area contributed by atoms with Crippen molar-refractivity contribution in [2.75, 3.05) is 45.3 Å². The number of aromatic nitrogens is 3. The van der Waals surface area contributed by atoms with Crippen LogP contribution in [-0.2, 0) is 24.9 Å². The number of pyridine rings is 1. The maximum absolute atomic E-state index is 5.48. The van der Waals surface area contributed by atoms with Crippen LogP contribution in [0.3, 0.4) is 0 Å². The lowest BCUT2D eigenvalue weighted by Crippen LogP contribution is -2.40. The molecule has 2 aromatic rings. The molecule has 166 valence electrons. The van der Waals surface area contributed by atoms with Crippen molar-refractivity contribution in [1.82, 2.24) is 25.0 Å². The first-order valence-corrected chi connectivity index (χ1v) is 10.2. The Kier molecular flexibility index (Phi) is 9.35. The summed E-state index contributed by atoms with van der Waals surface area (Å²) in [5.74, 6) is 2.26. The summed E-state index contributed by atoms with van der Waals surface area (Å²) in [7, 11) is 5.84. The summed E-state index contributed by atoms with van der Waals surface area (Å²) in [6.07, 6.45) is 3.95. The molecule has 30 heavy (non-hydrogen) atoms. The van der Waals surface area contributed by atoms with Gasteiger partial charge in [-0.15, -0.1) is 24.0 Å². The van der Waals surface area contributed by atoms with Crippen LogP contribution in [-0.4, -0.2) is 66.0 Å². The first-order chi connectivity index (χ1) is 14.0. The Morgan fingerprint density at radius 2 is 2.03 bits per heavy atom. The normalized spacial score (nSPS) is 14.6. The molecule has 3 rings (SSSR count). The zero-order chi connectivity index (χ0) is 20.8. The molecule has 0 saturated carbocycles. The lowest BCUT2D eigenvalue weighted by molar-refractivity contribution is 0.122. The standard InChI is InChI=1S/C21H33N7O.HI/c1-16(2)19-18(15-27(5)25-19)14-26(4)21(22-3)24-13-17-7-6-8-23-20(17)28-9-11-29-12-10-28;/h6-8,15-16H,9-14H2,1-5H3,(H,22,24);1H. The minimum Gasteiger partial charge on any atom is -0.378 e. The molecule has 1 N–H and O–H groups in total. The molecule has 0 radical (unpaired) electrons. The van der Waals surface area contributed by atoms with Gasteiger partial charge in [-0.05, 0) is 12.0 Å². The number of guanidine groups is 1. The van der Waals surface area contributed by atoms with Crippen LogP contribution in [0.4, 0.5) is 5.82 Å². The number of hydrogen-bond acceptors (Lipinski definition) is 5. The Balaban J connectivity index is 0.00000320. The summed E-state index contributed by atoms with van der Waals surface area (Å²) in [4.78, 5) is 13.5. The molecule has 0 aromatic carbocycles. The maximum Gasteiger partial charge on any atom is 0.193 e. The quantitative estimate of drug-likeness (QED) is 0.354. The number of nitrogens with zero attached hydrogens (tertiary/aromatic N) is 6. The predicted molar refractivity (Wildman–Crippen MR) is 132 cm³/mol. The summed E-state index contributed by atoms with van der Waals surface area (Å²) in [5.41, 5.74) is 3.52. The fraction of sp³-hybridized carbons (Fsp3) is 0.571. The summed E-state index contributed by atoms with van der Waals surface area (Å²) in [6.45, 7) is 9.01. The molecule has 1 saturated heterocycles. The number of aryl methyl sites for hydroxylation is 1. The van der Waals surface area contributed by atoms with Gasteiger partial charge in [-0.3, -0.25) is 9.67 Å². The molecule has 8 nitrogen and oxygen atoms in total. The van der Waals surface area contributed by atoms with Crippen molar-refractivity contribution < 1.29 is 4.74 Å². The number of aliphatic imine (C=N–C) groups is 1. The molecule has 1 aliphatic rings. The molecule has 1 aliphatic heterocycles. The lowest BCUT2D eigenvalue weighted by atomic mass is 10.1. The van der Waals surface area contributed by atoms with Crippen LogP contribution in [0.2, 0.25) is 0 Å². The summed E-state index contributed by atoms with van der Waals surface area (Å²) in [6, 6.07) is 4.11. The average molecular weight is 527 g/mol. The van der Waals surface area contributed by atoms with Gasteiger partial charge < -0.3 is 19.9 Å². The van der Waals surface area contributed by atoms with Gasteiger partial charge >= 0.3 is 0 Å². The Labute approximate surface area is 196 Å². The minimum absolute atomic E-state index is 0. The van der Waals surface area contributed by atoms with Crippen molar-refractivity contribution in [3.8, 4) is 0 Å². The van der Waals surface area contributed by atoms with Gasteiger partial charge in [-0.1, -0.05) is 19.9 Å². The largest absolute Gasteiger partial charge is 0.378 e. The van der Waals surface area contributed by atoms with E-state index in [9.17, 15) is 0 Å². The van der Waals surface area contributed by atoms with Gasteiger partial charge in [0.1, 0.15) is 5.82 Å². The molecule has 0 spiro atoms. The van der Waals surface area contributed by atoms with Gasteiger partial charge in [-0.25, -0.2) is 4.98 Å². The molecule has 3 heterocycles. The highest BCUT2D eigenvalue weighted by atomic mass is 127. The highest BCUT2D eigenvalue weighted by Crippen LogP contribution is 2.20. The van der Waals surface area contributed by atoms with Crippen molar-refractivity contribution in [2.24, 2.45) is 12.0 Å². The molecule has 0 unspecified atom stereocenters. The first kappa shape index (κ1) is 24.4. The van der Waals surface area contributed by atoms with E-state index in [-0.39, 0.29) is 24.0 Å². The number of hydrogen-bond donors (Lipinski definition) is 1. The second-order valence-electron chi connectivity index (χ2n) is 7.71. The maximum atomic E-state index is 5.48. The SMILES string of the molecule is CN=C(NCc1cccnc1N1CCOCC1)N(C)Cc1cn(C)nc1C(C)C.I. The molecular formula is C21H34IN7O. The molecule has 1 fully saturated rings. The lowest BCUT2D eigenvalue weighted by Gasteiger charge is -2.30. The van der Waals surface area contributed by atoms with E-state index in [1.54, 1.807) is 0 Å². The average Bonchev–Trinajstić information content (AvgIpc) is 3.10. The number of ether oxygens (including phenoxy) is 1. The number of morpholine rings is 1. The monoisotopic (exact) mass is 527 g/mol. The second kappa shape index (κ2) is 11.5. The van der Waals surface area contributed by atoms with E-state index >= 15 is 0 Å². The number of rotatable bonds is 6. The van der Waals surface area contributed by atoms with Gasteiger partial charge in [0.25, 0.3) is 0 Å². The molecule has 2 aromatic heterocycles. The second-order valence-corrected chi connectivity index (χ2v) is 7.71. The van der Waals surface area contributed by atoms with Crippen molar-refractivity contribution in [3.63, 3.8) is 0 Å². The van der Waals surface area contributed by atoms with Crippen molar-refractivity contribution in [1.29, 1.82) is 0 Å². The van der Waals surface area contributed by atoms with E-state index in [2.05, 4.69) is 63.4 Å². The summed E-state index contributed by atoms with van der Waals surface area (Å²) >= 11 is 0. The van der Waals surface area contributed by atoms with Gasteiger partial charge in [0.2, 0.25) is 0 Å². The Hall–Kier alpha value is -1.88. The van der Waals surface area contributed by atoms with Crippen LogP contribution in [0.25, 0.3) is 0 Å². The van der Waals surface area contributed by atoms with E-state index in [0.29, 0.717) is 12.5 Å². The fourth-order valence-corrected chi connectivity index (χ4v) is 3.68. The topological polar surface area (TPSA) is 70.8 Å². The summed E-state index contributed by atoms with van der Waals surface area (Å²) in [5, 5.41) is 8.10. The molecule has 0 amide bonds. The zero-order valence-electron chi connectivity index (χ0n) is 18.6. The Bertz CT molecular complexity index is 831. The van der Waals surface area contributed by atoms with Crippen molar-refractivity contribution in [2.45, 2.75) is 32.9 Å². The van der Waals surface area contributed by atoms with Crippen LogP contribution < -0.4 is 10.2 Å². The fourth-order valence-electron chi connectivity index (χ4n) is 3.68. The van der Waals surface area contributed by atoms with E-state index in [1.165, 1.54) is 5.56 Å². The van der Waals surface area contributed by atoms with E-state index in [1.807, 2.05) is 31.0 Å². The number of anilines is 1.